The highest BCUT2D eigenvalue weighted by Gasteiger charge is 2.44. The van der Waals surface area contributed by atoms with Crippen molar-refractivity contribution in [2.75, 3.05) is 7.11 Å². The molecule has 0 radical (unpaired) electrons. The SMILES string of the molecule is CO[C@@H]1CC[C@@H](O[Si](C)(C)C(C)(C)C)[C@@H](O)[C@H]1O. The van der Waals surface area contributed by atoms with Gasteiger partial charge in [0.05, 0.1) is 12.2 Å². The maximum atomic E-state index is 10.1. The number of ether oxygens (including phenoxy) is 1. The summed E-state index contributed by atoms with van der Waals surface area (Å²) in [6.07, 6.45) is -0.778. The van der Waals surface area contributed by atoms with Gasteiger partial charge in [-0.2, -0.15) is 0 Å². The van der Waals surface area contributed by atoms with Crippen LogP contribution >= 0.6 is 0 Å². The Hall–Kier alpha value is 0.0569. The molecule has 18 heavy (non-hydrogen) atoms. The molecule has 1 aliphatic rings. The molecule has 1 saturated carbocycles. The highest BCUT2D eigenvalue weighted by Crippen LogP contribution is 2.39. The molecule has 0 aliphatic heterocycles. The predicted octanol–water partition coefficient (Wildman–Crippen LogP) is 1.91. The largest absolute Gasteiger partial charge is 0.411 e. The van der Waals surface area contributed by atoms with Crippen LogP contribution in [0, 0.1) is 0 Å². The van der Waals surface area contributed by atoms with Crippen LogP contribution in [0.1, 0.15) is 33.6 Å². The molecule has 0 aromatic carbocycles. The normalized spacial score (nSPS) is 34.7. The van der Waals surface area contributed by atoms with Crippen molar-refractivity contribution < 1.29 is 19.4 Å². The molecule has 4 atom stereocenters. The van der Waals surface area contributed by atoms with Crippen molar-refractivity contribution >= 4 is 8.32 Å². The van der Waals surface area contributed by atoms with E-state index in [-0.39, 0.29) is 17.2 Å². The molecule has 1 aliphatic carbocycles. The molecule has 5 heteroatoms. The van der Waals surface area contributed by atoms with E-state index in [1.54, 1.807) is 7.11 Å². The van der Waals surface area contributed by atoms with Crippen LogP contribution < -0.4 is 0 Å². The lowest BCUT2D eigenvalue weighted by atomic mass is 9.90. The lowest BCUT2D eigenvalue weighted by Gasteiger charge is -2.44. The van der Waals surface area contributed by atoms with Gasteiger partial charge < -0.3 is 19.4 Å². The van der Waals surface area contributed by atoms with Crippen LogP contribution in [0.3, 0.4) is 0 Å². The van der Waals surface area contributed by atoms with Gasteiger partial charge in [-0.3, -0.25) is 0 Å². The zero-order valence-electron chi connectivity index (χ0n) is 12.4. The maximum Gasteiger partial charge on any atom is 0.192 e. The summed E-state index contributed by atoms with van der Waals surface area (Å²) in [5.41, 5.74) is 0. The summed E-state index contributed by atoms with van der Waals surface area (Å²) >= 11 is 0. The van der Waals surface area contributed by atoms with Gasteiger partial charge in [-0.1, -0.05) is 20.8 Å². The number of aliphatic hydroxyl groups excluding tert-OH is 2. The van der Waals surface area contributed by atoms with E-state index in [4.69, 9.17) is 9.16 Å². The van der Waals surface area contributed by atoms with Gasteiger partial charge in [0.15, 0.2) is 8.32 Å². The molecular weight excluding hydrogens is 248 g/mol. The molecule has 0 aromatic heterocycles. The third-order valence-corrected chi connectivity index (χ3v) is 8.91. The Morgan fingerprint density at radius 1 is 1.00 bits per heavy atom. The first-order valence-corrected chi connectivity index (χ1v) is 9.57. The first-order chi connectivity index (χ1) is 8.10. The molecule has 4 nitrogen and oxygen atoms in total. The van der Waals surface area contributed by atoms with E-state index in [1.165, 1.54) is 0 Å². The van der Waals surface area contributed by atoms with E-state index >= 15 is 0 Å². The van der Waals surface area contributed by atoms with E-state index in [2.05, 4.69) is 33.9 Å². The fourth-order valence-electron chi connectivity index (χ4n) is 2.05. The molecule has 0 saturated heterocycles. The van der Waals surface area contributed by atoms with Crippen molar-refractivity contribution in [2.24, 2.45) is 0 Å². The summed E-state index contributed by atoms with van der Waals surface area (Å²) in [7, 11) is -0.343. The highest BCUT2D eigenvalue weighted by molar-refractivity contribution is 6.74. The topological polar surface area (TPSA) is 58.9 Å². The van der Waals surface area contributed by atoms with Crippen LogP contribution in [0.25, 0.3) is 0 Å². The van der Waals surface area contributed by atoms with Gasteiger partial charge in [0.1, 0.15) is 12.2 Å². The van der Waals surface area contributed by atoms with Gasteiger partial charge in [-0.15, -0.1) is 0 Å². The molecule has 1 fully saturated rings. The molecular formula is C13H28O4Si. The molecule has 0 aromatic rings. The van der Waals surface area contributed by atoms with Crippen LogP contribution in [-0.4, -0.2) is 50.1 Å². The molecule has 0 heterocycles. The number of rotatable bonds is 3. The predicted molar refractivity (Wildman–Crippen MR) is 74.1 cm³/mol. The van der Waals surface area contributed by atoms with Gasteiger partial charge >= 0.3 is 0 Å². The van der Waals surface area contributed by atoms with Crippen LogP contribution in [0.15, 0.2) is 0 Å². The monoisotopic (exact) mass is 276 g/mol. The Kier molecular flexibility index (Phi) is 5.00. The van der Waals surface area contributed by atoms with Crippen molar-refractivity contribution in [3.63, 3.8) is 0 Å². The second kappa shape index (κ2) is 5.59. The van der Waals surface area contributed by atoms with E-state index in [0.29, 0.717) is 0 Å². The van der Waals surface area contributed by atoms with Crippen molar-refractivity contribution in [3.05, 3.63) is 0 Å². The zero-order chi connectivity index (χ0) is 14.1. The van der Waals surface area contributed by atoms with Gasteiger partial charge in [-0.25, -0.2) is 0 Å². The summed E-state index contributed by atoms with van der Waals surface area (Å²) in [5.74, 6) is 0. The number of hydrogen-bond donors (Lipinski definition) is 2. The highest BCUT2D eigenvalue weighted by atomic mass is 28.4. The van der Waals surface area contributed by atoms with Crippen molar-refractivity contribution in [1.82, 2.24) is 0 Å². The van der Waals surface area contributed by atoms with Crippen LogP contribution in [0.2, 0.25) is 18.1 Å². The van der Waals surface area contributed by atoms with E-state index in [0.717, 1.165) is 12.8 Å². The van der Waals surface area contributed by atoms with E-state index in [9.17, 15) is 10.2 Å². The average molecular weight is 276 g/mol. The lowest BCUT2D eigenvalue weighted by molar-refractivity contribution is -0.140. The third kappa shape index (κ3) is 3.33. The number of aliphatic hydroxyl groups is 2. The van der Waals surface area contributed by atoms with Crippen LogP contribution in [-0.2, 0) is 9.16 Å². The summed E-state index contributed by atoms with van der Waals surface area (Å²) in [5, 5.41) is 20.2. The van der Waals surface area contributed by atoms with Crippen molar-refractivity contribution in [2.45, 2.75) is 76.2 Å². The first-order valence-electron chi connectivity index (χ1n) is 6.67. The van der Waals surface area contributed by atoms with Crippen LogP contribution in [0.4, 0.5) is 0 Å². The lowest BCUT2D eigenvalue weighted by Crippen LogP contribution is -2.55. The Balaban J connectivity index is 2.70. The molecule has 0 unspecified atom stereocenters. The number of methoxy groups -OCH3 is 1. The third-order valence-electron chi connectivity index (χ3n) is 4.40. The summed E-state index contributed by atoms with van der Waals surface area (Å²) < 4.78 is 11.4. The smallest absolute Gasteiger partial charge is 0.192 e. The minimum absolute atomic E-state index is 0.107. The quantitative estimate of drug-likeness (QED) is 0.773. The van der Waals surface area contributed by atoms with Gasteiger partial charge in [0.2, 0.25) is 0 Å². The standard InChI is InChI=1S/C13H28O4Si/c1-13(2,3)18(5,6)17-10-8-7-9(16-4)11(14)12(10)15/h9-12,14-15H,7-8H2,1-6H3/t9-,10-,11+,12-/m1/s1. The summed E-state index contributed by atoms with van der Waals surface area (Å²) in [6.45, 7) is 10.8. The van der Waals surface area contributed by atoms with Gasteiger partial charge in [-0.05, 0) is 31.0 Å². The molecule has 108 valence electrons. The minimum Gasteiger partial charge on any atom is -0.411 e. The van der Waals surface area contributed by atoms with Crippen molar-refractivity contribution in [1.29, 1.82) is 0 Å². The zero-order valence-corrected chi connectivity index (χ0v) is 13.4. The van der Waals surface area contributed by atoms with Gasteiger partial charge in [0, 0.05) is 7.11 Å². The Labute approximate surface area is 111 Å². The fraction of sp³-hybridized carbons (Fsp3) is 1.00. The minimum atomic E-state index is -1.91. The first kappa shape index (κ1) is 16.1. The number of hydrogen-bond acceptors (Lipinski definition) is 4. The Morgan fingerprint density at radius 3 is 1.89 bits per heavy atom. The fourth-order valence-corrected chi connectivity index (χ4v) is 3.42. The second-order valence-corrected chi connectivity index (χ2v) is 11.5. The van der Waals surface area contributed by atoms with Crippen molar-refractivity contribution in [3.8, 4) is 0 Å². The second-order valence-electron chi connectivity index (χ2n) is 6.75. The molecule has 1 rings (SSSR count). The molecule has 2 N–H and O–H groups in total. The van der Waals surface area contributed by atoms with Gasteiger partial charge in [0.25, 0.3) is 0 Å². The van der Waals surface area contributed by atoms with Crippen LogP contribution in [0.5, 0.6) is 0 Å². The molecule has 0 spiro atoms. The van der Waals surface area contributed by atoms with E-state index in [1.807, 2.05) is 0 Å². The Bertz CT molecular complexity index is 275. The molecule has 0 bridgehead atoms. The molecule has 0 amide bonds. The Morgan fingerprint density at radius 2 is 1.44 bits per heavy atom. The summed E-state index contributed by atoms with van der Waals surface area (Å²) in [6, 6.07) is 0. The summed E-state index contributed by atoms with van der Waals surface area (Å²) in [4.78, 5) is 0. The average Bonchev–Trinajstić information content (AvgIpc) is 2.23. The van der Waals surface area contributed by atoms with E-state index < -0.39 is 20.5 Å². The maximum absolute atomic E-state index is 10.1.